The first-order valence-electron chi connectivity index (χ1n) is 5.50. The molecule has 2 heterocycles. The summed E-state index contributed by atoms with van der Waals surface area (Å²) in [5.41, 5.74) is 0.0292. The summed E-state index contributed by atoms with van der Waals surface area (Å²) in [4.78, 5) is 15.0. The van der Waals surface area contributed by atoms with Crippen molar-refractivity contribution in [1.82, 2.24) is 19.6 Å². The molecule has 8 heteroatoms. The minimum Gasteiger partial charge on any atom is -0.478 e. The average molecular weight is 274 g/mol. The molecule has 1 aromatic carbocycles. The van der Waals surface area contributed by atoms with E-state index in [9.17, 15) is 9.18 Å². The smallest absolute Gasteiger partial charge is 0.339 e. The van der Waals surface area contributed by atoms with Crippen molar-refractivity contribution in [2.45, 2.75) is 0 Å². The number of carboxylic acid groups (broad SMARTS) is 1. The second-order valence-electron chi connectivity index (χ2n) is 3.84. The number of fused-ring (bicyclic) bond motifs is 1. The van der Waals surface area contributed by atoms with Crippen LogP contribution in [-0.2, 0) is 0 Å². The van der Waals surface area contributed by atoms with E-state index in [4.69, 9.17) is 9.84 Å². The third-order valence-corrected chi connectivity index (χ3v) is 2.56. The van der Waals surface area contributed by atoms with E-state index in [0.29, 0.717) is 5.65 Å². The highest BCUT2D eigenvalue weighted by molar-refractivity contribution is 5.91. The zero-order valence-electron chi connectivity index (χ0n) is 9.89. The molecule has 0 unspecified atom stereocenters. The van der Waals surface area contributed by atoms with Gasteiger partial charge in [-0.25, -0.2) is 14.2 Å². The van der Waals surface area contributed by atoms with Crippen molar-refractivity contribution in [2.75, 3.05) is 0 Å². The first-order valence-corrected chi connectivity index (χ1v) is 5.50. The zero-order valence-corrected chi connectivity index (χ0v) is 9.89. The monoisotopic (exact) mass is 274 g/mol. The van der Waals surface area contributed by atoms with Gasteiger partial charge < -0.3 is 9.84 Å². The zero-order chi connectivity index (χ0) is 14.1. The molecule has 0 saturated heterocycles. The van der Waals surface area contributed by atoms with Crippen molar-refractivity contribution in [2.24, 2.45) is 0 Å². The first-order chi connectivity index (χ1) is 9.65. The van der Waals surface area contributed by atoms with E-state index < -0.39 is 11.8 Å². The van der Waals surface area contributed by atoms with Crippen molar-refractivity contribution >= 4 is 11.6 Å². The standard InChI is InChI=1S/C12H7FN4O3/c13-7-1-2-9(8(5-7)12(18)19)20-11-10-16-15-6-17(10)4-3-14-11/h1-6H,(H,18,19). The van der Waals surface area contributed by atoms with Gasteiger partial charge in [0.05, 0.1) is 0 Å². The molecule has 0 fully saturated rings. The van der Waals surface area contributed by atoms with E-state index in [1.165, 1.54) is 18.6 Å². The van der Waals surface area contributed by atoms with E-state index in [1.807, 2.05) is 0 Å². The predicted molar refractivity (Wildman–Crippen MR) is 64.2 cm³/mol. The number of hydrogen-bond donors (Lipinski definition) is 1. The van der Waals surface area contributed by atoms with E-state index in [2.05, 4.69) is 15.2 Å². The molecule has 3 rings (SSSR count). The molecule has 100 valence electrons. The van der Waals surface area contributed by atoms with Crippen LogP contribution in [0.1, 0.15) is 10.4 Å². The molecule has 0 atom stereocenters. The van der Waals surface area contributed by atoms with Gasteiger partial charge in [0.2, 0.25) is 5.65 Å². The van der Waals surface area contributed by atoms with E-state index in [0.717, 1.165) is 12.1 Å². The molecular formula is C12H7FN4O3. The lowest BCUT2D eigenvalue weighted by atomic mass is 10.2. The molecule has 0 spiro atoms. The number of ether oxygens (including phenoxy) is 1. The van der Waals surface area contributed by atoms with E-state index >= 15 is 0 Å². The van der Waals surface area contributed by atoms with E-state index in [-0.39, 0.29) is 17.2 Å². The molecule has 0 aliphatic rings. The van der Waals surface area contributed by atoms with Crippen molar-refractivity contribution in [3.63, 3.8) is 0 Å². The fourth-order valence-electron chi connectivity index (χ4n) is 1.67. The van der Waals surface area contributed by atoms with Crippen molar-refractivity contribution in [1.29, 1.82) is 0 Å². The highest BCUT2D eigenvalue weighted by Gasteiger charge is 2.15. The lowest BCUT2D eigenvalue weighted by Crippen LogP contribution is -2.02. The number of rotatable bonds is 3. The Morgan fingerprint density at radius 3 is 3.05 bits per heavy atom. The number of aromatic carboxylic acids is 1. The molecule has 0 aliphatic carbocycles. The quantitative estimate of drug-likeness (QED) is 0.782. The molecule has 20 heavy (non-hydrogen) atoms. The Bertz CT molecular complexity index is 802. The van der Waals surface area contributed by atoms with Crippen LogP contribution in [0.5, 0.6) is 11.6 Å². The van der Waals surface area contributed by atoms with E-state index in [1.54, 1.807) is 10.6 Å². The molecule has 0 aliphatic heterocycles. The normalized spacial score (nSPS) is 10.7. The highest BCUT2D eigenvalue weighted by atomic mass is 19.1. The average Bonchev–Trinajstić information content (AvgIpc) is 2.90. The number of halogens is 1. The molecule has 1 N–H and O–H groups in total. The number of nitrogens with zero attached hydrogens (tertiary/aromatic N) is 4. The SMILES string of the molecule is O=C(O)c1cc(F)ccc1Oc1nccn2cnnc12. The second kappa shape index (κ2) is 4.57. The summed E-state index contributed by atoms with van der Waals surface area (Å²) in [6.07, 6.45) is 4.52. The van der Waals surface area contributed by atoms with Crippen molar-refractivity contribution < 1.29 is 19.0 Å². The topological polar surface area (TPSA) is 89.6 Å². The minimum atomic E-state index is -1.30. The number of carbonyl (C=O) groups is 1. The summed E-state index contributed by atoms with van der Waals surface area (Å²) in [6.45, 7) is 0. The first kappa shape index (κ1) is 12.0. The summed E-state index contributed by atoms with van der Waals surface area (Å²) in [7, 11) is 0. The van der Waals surface area contributed by atoms with Gasteiger partial charge >= 0.3 is 5.97 Å². The lowest BCUT2D eigenvalue weighted by molar-refractivity contribution is 0.0693. The van der Waals surface area contributed by atoms with Gasteiger partial charge in [-0.1, -0.05) is 0 Å². The summed E-state index contributed by atoms with van der Waals surface area (Å²) < 4.78 is 20.1. The summed E-state index contributed by atoms with van der Waals surface area (Å²) in [5.74, 6) is -1.90. The third-order valence-electron chi connectivity index (χ3n) is 2.56. The van der Waals surface area contributed by atoms with Crippen LogP contribution in [0.2, 0.25) is 0 Å². The Morgan fingerprint density at radius 2 is 2.25 bits per heavy atom. The molecule has 7 nitrogen and oxygen atoms in total. The van der Waals surface area contributed by atoms with Gasteiger partial charge in [-0.15, -0.1) is 10.2 Å². The van der Waals surface area contributed by atoms with Gasteiger partial charge in [-0.3, -0.25) is 4.40 Å². The van der Waals surface area contributed by atoms with Gasteiger partial charge in [0.25, 0.3) is 5.88 Å². The van der Waals surface area contributed by atoms with Crippen LogP contribution >= 0.6 is 0 Å². The number of hydrogen-bond acceptors (Lipinski definition) is 5. The molecule has 0 bridgehead atoms. The molecule has 0 radical (unpaired) electrons. The van der Waals surface area contributed by atoms with Crippen LogP contribution in [-0.4, -0.2) is 30.7 Å². The van der Waals surface area contributed by atoms with Crippen LogP contribution in [0, 0.1) is 5.82 Å². The van der Waals surface area contributed by atoms with Crippen LogP contribution in [0.15, 0.2) is 36.9 Å². The van der Waals surface area contributed by atoms with Crippen molar-refractivity contribution in [3.05, 3.63) is 48.3 Å². The molecule has 2 aromatic heterocycles. The van der Waals surface area contributed by atoms with Gasteiger partial charge in [0, 0.05) is 12.4 Å². The minimum absolute atomic E-state index is 0.0255. The van der Waals surface area contributed by atoms with Gasteiger partial charge in [0.1, 0.15) is 23.5 Å². The maximum atomic E-state index is 13.1. The Kier molecular flexibility index (Phi) is 2.75. The largest absolute Gasteiger partial charge is 0.478 e. The Morgan fingerprint density at radius 1 is 1.40 bits per heavy atom. The fourth-order valence-corrected chi connectivity index (χ4v) is 1.67. The van der Waals surface area contributed by atoms with Crippen LogP contribution in [0.25, 0.3) is 5.65 Å². The molecular weight excluding hydrogens is 267 g/mol. The van der Waals surface area contributed by atoms with Gasteiger partial charge in [0.15, 0.2) is 0 Å². The number of benzene rings is 1. The Balaban J connectivity index is 2.07. The van der Waals surface area contributed by atoms with Crippen molar-refractivity contribution in [3.8, 4) is 11.6 Å². The third kappa shape index (κ3) is 2.03. The summed E-state index contributed by atoms with van der Waals surface area (Å²) >= 11 is 0. The van der Waals surface area contributed by atoms with Crippen LogP contribution in [0.4, 0.5) is 4.39 Å². The summed E-state index contributed by atoms with van der Waals surface area (Å²) in [5, 5.41) is 16.5. The van der Waals surface area contributed by atoms with Gasteiger partial charge in [-0.2, -0.15) is 0 Å². The Hall–Kier alpha value is -3.03. The number of carboxylic acids is 1. The maximum absolute atomic E-state index is 13.1. The predicted octanol–water partition coefficient (Wildman–Crippen LogP) is 1.75. The molecule has 0 amide bonds. The Labute approximate surface area is 111 Å². The molecule has 0 saturated carbocycles. The number of aromatic nitrogens is 4. The van der Waals surface area contributed by atoms with Gasteiger partial charge in [-0.05, 0) is 18.2 Å². The van der Waals surface area contributed by atoms with Crippen LogP contribution in [0.3, 0.4) is 0 Å². The summed E-state index contributed by atoms with van der Waals surface area (Å²) in [6, 6.07) is 3.20. The lowest BCUT2D eigenvalue weighted by Gasteiger charge is -2.08. The fraction of sp³-hybridized carbons (Fsp3) is 0. The second-order valence-corrected chi connectivity index (χ2v) is 3.84. The maximum Gasteiger partial charge on any atom is 0.339 e. The highest BCUT2D eigenvalue weighted by Crippen LogP contribution is 2.26. The molecule has 3 aromatic rings. The van der Waals surface area contributed by atoms with Crippen LogP contribution < -0.4 is 4.74 Å².